The zero-order valence-corrected chi connectivity index (χ0v) is 11.6. The highest BCUT2D eigenvalue weighted by atomic mass is 32.2. The van der Waals surface area contributed by atoms with Crippen molar-refractivity contribution in [2.45, 2.75) is 17.9 Å². The Morgan fingerprint density at radius 1 is 1.21 bits per heavy atom. The molecule has 0 amide bonds. The second-order valence-electron chi connectivity index (χ2n) is 4.40. The third kappa shape index (κ3) is 4.06. The molecule has 0 heterocycles. The van der Waals surface area contributed by atoms with E-state index in [1.165, 1.54) is 17.7 Å². The highest BCUT2D eigenvalue weighted by Crippen LogP contribution is 2.25. The third-order valence-corrected chi connectivity index (χ3v) is 3.98. The van der Waals surface area contributed by atoms with Crippen LogP contribution in [-0.4, -0.2) is 5.75 Å². The van der Waals surface area contributed by atoms with E-state index in [1.54, 1.807) is 17.8 Å². The van der Waals surface area contributed by atoms with Gasteiger partial charge < -0.3 is 0 Å². The van der Waals surface area contributed by atoms with Crippen LogP contribution in [0.15, 0.2) is 53.4 Å². The van der Waals surface area contributed by atoms with E-state index in [9.17, 15) is 4.39 Å². The van der Waals surface area contributed by atoms with Crippen molar-refractivity contribution in [3.05, 3.63) is 65.5 Å². The van der Waals surface area contributed by atoms with Crippen LogP contribution in [0.25, 0.3) is 0 Å². The molecular formula is C15H17FN2S. The van der Waals surface area contributed by atoms with E-state index in [1.807, 2.05) is 6.07 Å². The predicted octanol–water partition coefficient (Wildman–Crippen LogP) is 3.43. The second-order valence-corrected chi connectivity index (χ2v) is 5.49. The number of rotatable bonds is 5. The molecule has 1 unspecified atom stereocenters. The minimum absolute atomic E-state index is 0.0499. The van der Waals surface area contributed by atoms with Crippen LogP contribution in [-0.2, 0) is 0 Å². The van der Waals surface area contributed by atoms with E-state index in [0.29, 0.717) is 0 Å². The summed E-state index contributed by atoms with van der Waals surface area (Å²) >= 11 is 1.58. The number of aryl methyl sites for hydroxylation is 1. The van der Waals surface area contributed by atoms with Crippen LogP contribution < -0.4 is 11.3 Å². The molecule has 4 heteroatoms. The van der Waals surface area contributed by atoms with Crippen molar-refractivity contribution in [1.82, 2.24) is 5.43 Å². The largest absolute Gasteiger partial charge is 0.271 e. The van der Waals surface area contributed by atoms with Gasteiger partial charge in [-0.15, -0.1) is 11.8 Å². The van der Waals surface area contributed by atoms with Crippen molar-refractivity contribution in [2.75, 3.05) is 5.75 Å². The van der Waals surface area contributed by atoms with E-state index in [4.69, 9.17) is 5.84 Å². The molecule has 0 aliphatic carbocycles. The van der Waals surface area contributed by atoms with E-state index >= 15 is 0 Å². The molecule has 0 aromatic heterocycles. The van der Waals surface area contributed by atoms with Gasteiger partial charge in [-0.3, -0.25) is 11.3 Å². The first-order valence-electron chi connectivity index (χ1n) is 6.10. The molecule has 3 N–H and O–H groups in total. The minimum atomic E-state index is -0.211. The fourth-order valence-corrected chi connectivity index (χ4v) is 2.79. The predicted molar refractivity (Wildman–Crippen MR) is 78.4 cm³/mol. The number of nitrogens with one attached hydrogen (secondary N) is 1. The van der Waals surface area contributed by atoms with Crippen LogP contribution in [0.2, 0.25) is 0 Å². The van der Waals surface area contributed by atoms with Gasteiger partial charge in [0, 0.05) is 10.6 Å². The Hall–Kier alpha value is -1.36. The number of nitrogens with two attached hydrogens (primary N) is 1. The van der Waals surface area contributed by atoms with Crippen molar-refractivity contribution in [2.24, 2.45) is 5.84 Å². The highest BCUT2D eigenvalue weighted by Gasteiger charge is 2.10. The number of thioether (sulfide) groups is 1. The summed E-state index contributed by atoms with van der Waals surface area (Å²) in [7, 11) is 0. The third-order valence-electron chi connectivity index (χ3n) is 2.89. The lowest BCUT2D eigenvalue weighted by atomic mass is 10.1. The molecule has 100 valence electrons. The Morgan fingerprint density at radius 2 is 1.95 bits per heavy atom. The van der Waals surface area contributed by atoms with Crippen molar-refractivity contribution in [3.8, 4) is 0 Å². The smallest absolute Gasteiger partial charge is 0.124 e. The first-order valence-corrected chi connectivity index (χ1v) is 7.08. The maximum atomic E-state index is 13.1. The quantitative estimate of drug-likeness (QED) is 0.499. The number of hydrogen-bond acceptors (Lipinski definition) is 3. The van der Waals surface area contributed by atoms with Gasteiger partial charge in [-0.25, -0.2) is 4.39 Å². The standard InChI is InChI=1S/C15H17FN2S/c1-11-5-7-12(8-6-11)15(18-17)10-19-14-4-2-3-13(16)9-14/h2-9,15,18H,10,17H2,1H3. The Labute approximate surface area is 117 Å². The Kier molecular flexibility index (Phi) is 4.96. The van der Waals surface area contributed by atoms with Gasteiger partial charge in [0.2, 0.25) is 0 Å². The fourth-order valence-electron chi connectivity index (χ4n) is 1.78. The summed E-state index contributed by atoms with van der Waals surface area (Å²) in [6.45, 7) is 2.05. The molecule has 0 saturated heterocycles. The molecule has 2 rings (SSSR count). The zero-order valence-electron chi connectivity index (χ0n) is 10.8. The molecular weight excluding hydrogens is 259 g/mol. The fraction of sp³-hybridized carbons (Fsp3) is 0.200. The maximum absolute atomic E-state index is 13.1. The Morgan fingerprint density at radius 3 is 2.58 bits per heavy atom. The summed E-state index contributed by atoms with van der Waals surface area (Å²) < 4.78 is 13.1. The Balaban J connectivity index is 2.01. The van der Waals surface area contributed by atoms with Crippen LogP contribution in [0, 0.1) is 12.7 Å². The summed E-state index contributed by atoms with van der Waals surface area (Å²) in [6, 6.07) is 14.9. The summed E-state index contributed by atoms with van der Waals surface area (Å²) in [6.07, 6.45) is 0. The van der Waals surface area contributed by atoms with Crippen LogP contribution in [0.5, 0.6) is 0 Å². The van der Waals surface area contributed by atoms with Crippen LogP contribution in [0.1, 0.15) is 17.2 Å². The number of hydrazine groups is 1. The molecule has 2 nitrogen and oxygen atoms in total. The molecule has 2 aromatic rings. The van der Waals surface area contributed by atoms with Gasteiger partial charge in [-0.2, -0.15) is 0 Å². The molecule has 0 radical (unpaired) electrons. The molecule has 0 aliphatic rings. The molecule has 1 atom stereocenters. The van der Waals surface area contributed by atoms with Crippen LogP contribution in [0.4, 0.5) is 4.39 Å². The van der Waals surface area contributed by atoms with Gasteiger partial charge >= 0.3 is 0 Å². The zero-order chi connectivity index (χ0) is 13.7. The summed E-state index contributed by atoms with van der Waals surface area (Å²) in [5.41, 5.74) is 5.16. The van der Waals surface area contributed by atoms with E-state index in [2.05, 4.69) is 36.6 Å². The van der Waals surface area contributed by atoms with E-state index < -0.39 is 0 Å². The van der Waals surface area contributed by atoms with Gasteiger partial charge in [-0.05, 0) is 30.7 Å². The summed E-state index contributed by atoms with van der Waals surface area (Å²) in [5.74, 6) is 6.14. The van der Waals surface area contributed by atoms with Crippen molar-refractivity contribution >= 4 is 11.8 Å². The normalized spacial score (nSPS) is 12.4. The minimum Gasteiger partial charge on any atom is -0.271 e. The van der Waals surface area contributed by atoms with Gasteiger partial charge in [0.05, 0.1) is 6.04 Å². The van der Waals surface area contributed by atoms with Gasteiger partial charge in [-0.1, -0.05) is 35.9 Å². The molecule has 0 bridgehead atoms. The second kappa shape index (κ2) is 6.70. The van der Waals surface area contributed by atoms with Crippen molar-refractivity contribution in [3.63, 3.8) is 0 Å². The molecule has 0 aliphatic heterocycles. The van der Waals surface area contributed by atoms with E-state index in [-0.39, 0.29) is 11.9 Å². The molecule has 19 heavy (non-hydrogen) atoms. The SMILES string of the molecule is Cc1ccc(C(CSc2cccc(F)c2)NN)cc1. The average molecular weight is 276 g/mol. The van der Waals surface area contributed by atoms with E-state index in [0.717, 1.165) is 16.2 Å². The molecule has 0 fully saturated rings. The lowest BCUT2D eigenvalue weighted by molar-refractivity contribution is 0.610. The lowest BCUT2D eigenvalue weighted by Crippen LogP contribution is -2.29. The maximum Gasteiger partial charge on any atom is 0.124 e. The summed E-state index contributed by atoms with van der Waals surface area (Å²) in [4.78, 5) is 0.910. The first kappa shape index (κ1) is 14.1. The van der Waals surface area contributed by atoms with Crippen LogP contribution >= 0.6 is 11.8 Å². The number of benzene rings is 2. The van der Waals surface area contributed by atoms with Gasteiger partial charge in [0.25, 0.3) is 0 Å². The lowest BCUT2D eigenvalue weighted by Gasteiger charge is -2.16. The number of hydrogen-bond donors (Lipinski definition) is 2. The summed E-state index contributed by atoms with van der Waals surface area (Å²) in [5, 5.41) is 0. The van der Waals surface area contributed by atoms with Gasteiger partial charge in [0.1, 0.15) is 5.82 Å². The topological polar surface area (TPSA) is 38.0 Å². The molecule has 0 spiro atoms. The number of halogens is 1. The average Bonchev–Trinajstić information content (AvgIpc) is 2.41. The Bertz CT molecular complexity index is 528. The molecule has 2 aromatic carbocycles. The van der Waals surface area contributed by atoms with Crippen molar-refractivity contribution in [1.29, 1.82) is 0 Å². The highest BCUT2D eigenvalue weighted by molar-refractivity contribution is 7.99. The molecule has 0 saturated carbocycles. The monoisotopic (exact) mass is 276 g/mol. The van der Waals surface area contributed by atoms with Crippen molar-refractivity contribution < 1.29 is 4.39 Å². The first-order chi connectivity index (χ1) is 9.19. The van der Waals surface area contributed by atoms with Gasteiger partial charge in [0.15, 0.2) is 0 Å². The van der Waals surface area contributed by atoms with Crippen LogP contribution in [0.3, 0.4) is 0 Å².